The third kappa shape index (κ3) is 4.91. The maximum atomic E-state index is 10.4. The number of hydrogen-bond donors (Lipinski definition) is 3. The molecule has 1 saturated heterocycles. The first-order valence-corrected chi connectivity index (χ1v) is 10.0. The maximum Gasteiger partial charge on any atom is 0.119 e. The van der Waals surface area contributed by atoms with Crippen molar-refractivity contribution < 1.29 is 29.5 Å². The van der Waals surface area contributed by atoms with E-state index in [0.29, 0.717) is 18.1 Å². The van der Waals surface area contributed by atoms with E-state index in [2.05, 4.69) is 0 Å². The second-order valence-electron chi connectivity index (χ2n) is 7.06. The average molecular weight is 423 g/mol. The Morgan fingerprint density at radius 3 is 2.41 bits per heavy atom. The Labute approximate surface area is 175 Å². The van der Waals surface area contributed by atoms with Gasteiger partial charge in [-0.2, -0.15) is 0 Å². The molecule has 0 aliphatic carbocycles. The molecule has 0 bridgehead atoms. The van der Waals surface area contributed by atoms with E-state index in [1.807, 2.05) is 37.3 Å². The van der Waals surface area contributed by atoms with E-state index in [1.54, 1.807) is 12.1 Å². The highest BCUT2D eigenvalue weighted by atomic mass is 35.5. The summed E-state index contributed by atoms with van der Waals surface area (Å²) in [5.41, 5.74) is 2.73. The van der Waals surface area contributed by atoms with Crippen LogP contribution in [-0.2, 0) is 15.9 Å². The minimum atomic E-state index is -1.23. The van der Waals surface area contributed by atoms with Crippen LogP contribution in [0, 0.1) is 0 Å². The molecule has 5 atom stereocenters. The predicted octanol–water partition coefficient (Wildman–Crippen LogP) is 2.50. The second-order valence-corrected chi connectivity index (χ2v) is 7.47. The van der Waals surface area contributed by atoms with Gasteiger partial charge in [0.2, 0.25) is 0 Å². The van der Waals surface area contributed by atoms with Gasteiger partial charge < -0.3 is 29.5 Å². The molecule has 3 rings (SSSR count). The van der Waals surface area contributed by atoms with Gasteiger partial charge in [0.1, 0.15) is 36.3 Å². The molecule has 0 saturated carbocycles. The summed E-state index contributed by atoms with van der Waals surface area (Å²) >= 11 is 6.42. The molecule has 0 amide bonds. The van der Waals surface area contributed by atoms with E-state index in [-0.39, 0.29) is 0 Å². The van der Waals surface area contributed by atoms with Crippen molar-refractivity contribution in [1.82, 2.24) is 0 Å². The molecule has 1 aliphatic rings. The molecule has 1 aliphatic heterocycles. The molecule has 29 heavy (non-hydrogen) atoms. The van der Waals surface area contributed by atoms with Crippen LogP contribution in [0.15, 0.2) is 42.5 Å². The Morgan fingerprint density at radius 2 is 1.79 bits per heavy atom. The lowest BCUT2D eigenvalue weighted by Crippen LogP contribution is -2.55. The van der Waals surface area contributed by atoms with E-state index in [0.717, 1.165) is 22.4 Å². The second kappa shape index (κ2) is 9.89. The van der Waals surface area contributed by atoms with Gasteiger partial charge in [-0.15, -0.1) is 0 Å². The largest absolute Gasteiger partial charge is 0.494 e. The molecule has 2 aromatic rings. The van der Waals surface area contributed by atoms with Crippen LogP contribution in [-0.4, -0.2) is 60.1 Å². The summed E-state index contributed by atoms with van der Waals surface area (Å²) in [5.74, 6) is 0.817. The van der Waals surface area contributed by atoms with E-state index >= 15 is 0 Å². The Kier molecular flexibility index (Phi) is 7.51. The van der Waals surface area contributed by atoms with E-state index < -0.39 is 37.1 Å². The van der Waals surface area contributed by atoms with Crippen molar-refractivity contribution in [2.45, 2.75) is 43.9 Å². The van der Waals surface area contributed by atoms with Crippen molar-refractivity contribution in [2.24, 2.45) is 0 Å². The number of benzene rings is 2. The first-order valence-electron chi connectivity index (χ1n) is 9.63. The quantitative estimate of drug-likeness (QED) is 0.635. The van der Waals surface area contributed by atoms with E-state index in [9.17, 15) is 15.3 Å². The van der Waals surface area contributed by atoms with Gasteiger partial charge in [0.25, 0.3) is 0 Å². The summed E-state index contributed by atoms with van der Waals surface area (Å²) in [6.45, 7) is 2.15. The van der Waals surface area contributed by atoms with Gasteiger partial charge in [-0.1, -0.05) is 35.9 Å². The van der Waals surface area contributed by atoms with Crippen molar-refractivity contribution in [2.75, 3.05) is 20.3 Å². The molecule has 0 spiro atoms. The van der Waals surface area contributed by atoms with Crippen molar-refractivity contribution in [1.29, 1.82) is 0 Å². The average Bonchev–Trinajstić information content (AvgIpc) is 2.73. The van der Waals surface area contributed by atoms with Crippen molar-refractivity contribution in [3.05, 3.63) is 64.2 Å². The van der Waals surface area contributed by atoms with Gasteiger partial charge in [-0.3, -0.25) is 0 Å². The molecule has 1 fully saturated rings. The molecular weight excluding hydrogens is 396 g/mol. The highest BCUT2D eigenvalue weighted by Gasteiger charge is 2.45. The Hall–Kier alpha value is -1.67. The lowest BCUT2D eigenvalue weighted by molar-refractivity contribution is -0.238. The minimum absolute atomic E-state index is 0.405. The Morgan fingerprint density at radius 1 is 1.07 bits per heavy atom. The smallest absolute Gasteiger partial charge is 0.119 e. The van der Waals surface area contributed by atoms with Crippen LogP contribution in [0.3, 0.4) is 0 Å². The normalized spacial score (nSPS) is 27.0. The zero-order valence-electron chi connectivity index (χ0n) is 16.5. The molecule has 1 heterocycles. The Balaban J connectivity index is 1.85. The fourth-order valence-electron chi connectivity index (χ4n) is 3.62. The van der Waals surface area contributed by atoms with E-state index in [4.69, 9.17) is 25.8 Å². The van der Waals surface area contributed by atoms with Gasteiger partial charge in [0.15, 0.2) is 0 Å². The van der Waals surface area contributed by atoms with Crippen molar-refractivity contribution >= 4 is 11.6 Å². The van der Waals surface area contributed by atoms with Gasteiger partial charge >= 0.3 is 0 Å². The molecule has 158 valence electrons. The van der Waals surface area contributed by atoms with Crippen LogP contribution in [0.2, 0.25) is 5.02 Å². The van der Waals surface area contributed by atoms with Crippen LogP contribution in [0.4, 0.5) is 0 Å². The van der Waals surface area contributed by atoms with Crippen molar-refractivity contribution in [3.63, 3.8) is 0 Å². The number of methoxy groups -OCH3 is 1. The van der Waals surface area contributed by atoms with Crippen LogP contribution >= 0.6 is 11.6 Å². The summed E-state index contributed by atoms with van der Waals surface area (Å²) in [6.07, 6.45) is -4.11. The number of hydrogen-bond acceptors (Lipinski definition) is 6. The third-order valence-corrected chi connectivity index (χ3v) is 5.54. The van der Waals surface area contributed by atoms with Crippen LogP contribution in [0.1, 0.15) is 29.7 Å². The standard InChI is InChI=1S/C22H27ClO6/c1-3-28-16-7-4-13(5-8-16)10-15-11-14(6-9-17(15)23)21-22(27-2)20(26)19(25)18(12-24)29-21/h4-9,11,18-22,24-26H,3,10,12H2,1-2H3. The number of aliphatic hydroxyl groups is 3. The molecule has 7 heteroatoms. The summed E-state index contributed by atoms with van der Waals surface area (Å²) in [5, 5.41) is 30.6. The number of halogens is 1. The number of rotatable bonds is 7. The van der Waals surface area contributed by atoms with Gasteiger partial charge in [0.05, 0.1) is 13.2 Å². The highest BCUT2D eigenvalue weighted by molar-refractivity contribution is 6.31. The minimum Gasteiger partial charge on any atom is -0.494 e. The van der Waals surface area contributed by atoms with Gasteiger partial charge in [-0.05, 0) is 48.2 Å². The summed E-state index contributed by atoms with van der Waals surface area (Å²) in [4.78, 5) is 0. The fourth-order valence-corrected chi connectivity index (χ4v) is 3.80. The molecule has 5 unspecified atom stereocenters. The van der Waals surface area contributed by atoms with Crippen molar-refractivity contribution in [3.8, 4) is 5.75 Å². The molecule has 2 aromatic carbocycles. The summed E-state index contributed by atoms with van der Waals surface area (Å²) < 4.78 is 16.7. The fraction of sp³-hybridized carbons (Fsp3) is 0.455. The molecule has 6 nitrogen and oxygen atoms in total. The lowest BCUT2D eigenvalue weighted by Gasteiger charge is -2.42. The molecule has 0 aromatic heterocycles. The van der Waals surface area contributed by atoms with Crippen LogP contribution in [0.5, 0.6) is 5.75 Å². The monoisotopic (exact) mass is 422 g/mol. The zero-order valence-corrected chi connectivity index (χ0v) is 17.2. The molecule has 0 radical (unpaired) electrons. The van der Waals surface area contributed by atoms with Crippen LogP contribution in [0.25, 0.3) is 0 Å². The Bertz CT molecular complexity index is 796. The number of ether oxygens (including phenoxy) is 3. The third-order valence-electron chi connectivity index (χ3n) is 5.17. The molecule has 3 N–H and O–H groups in total. The first-order chi connectivity index (χ1) is 14.0. The van der Waals surface area contributed by atoms with Gasteiger partial charge in [-0.25, -0.2) is 0 Å². The topological polar surface area (TPSA) is 88.4 Å². The number of aliphatic hydroxyl groups excluding tert-OH is 3. The predicted molar refractivity (Wildman–Crippen MR) is 109 cm³/mol. The maximum absolute atomic E-state index is 10.4. The SMILES string of the molecule is CCOc1ccc(Cc2cc(C3OC(CO)C(O)C(O)C3OC)ccc2Cl)cc1. The first kappa shape index (κ1) is 22.0. The highest BCUT2D eigenvalue weighted by Crippen LogP contribution is 2.35. The lowest BCUT2D eigenvalue weighted by atomic mass is 9.90. The van der Waals surface area contributed by atoms with E-state index in [1.165, 1.54) is 7.11 Å². The summed E-state index contributed by atoms with van der Waals surface area (Å²) in [7, 11) is 1.45. The summed E-state index contributed by atoms with van der Waals surface area (Å²) in [6, 6.07) is 13.3. The zero-order chi connectivity index (χ0) is 21.0. The van der Waals surface area contributed by atoms with Crippen LogP contribution < -0.4 is 4.74 Å². The van der Waals surface area contributed by atoms with Gasteiger partial charge in [0, 0.05) is 12.1 Å². The molecular formula is C22H27ClO6.